The lowest BCUT2D eigenvalue weighted by Gasteiger charge is -2.20. The van der Waals surface area contributed by atoms with E-state index in [2.05, 4.69) is 20.7 Å². The minimum absolute atomic E-state index is 0.0731. The Morgan fingerprint density at radius 1 is 1.17 bits per heavy atom. The molecule has 1 amide bonds. The molecule has 1 N–H and O–H groups in total. The molecule has 24 heavy (non-hydrogen) atoms. The number of halogens is 1. The van der Waals surface area contributed by atoms with E-state index in [0.29, 0.717) is 23.1 Å². The van der Waals surface area contributed by atoms with Gasteiger partial charge in [-0.3, -0.25) is 9.52 Å². The van der Waals surface area contributed by atoms with Crippen molar-refractivity contribution in [3.8, 4) is 0 Å². The van der Waals surface area contributed by atoms with E-state index in [9.17, 15) is 13.2 Å². The summed E-state index contributed by atoms with van der Waals surface area (Å²) in [6, 6.07) is 11.9. The average Bonchev–Trinajstić information content (AvgIpc) is 2.95. The molecule has 1 aliphatic heterocycles. The van der Waals surface area contributed by atoms with E-state index < -0.39 is 10.0 Å². The molecular weight excluding hydrogens is 392 g/mol. The maximum atomic E-state index is 12.6. The Balaban J connectivity index is 1.94. The Kier molecular flexibility index (Phi) is 4.64. The molecule has 0 spiro atoms. The third-order valence-electron chi connectivity index (χ3n) is 3.95. The third kappa shape index (κ3) is 3.32. The quantitative estimate of drug-likeness (QED) is 0.838. The molecule has 1 saturated heterocycles. The molecule has 1 aliphatic rings. The Labute approximate surface area is 149 Å². The van der Waals surface area contributed by atoms with Gasteiger partial charge in [-0.25, -0.2) is 8.42 Å². The lowest BCUT2D eigenvalue weighted by Crippen LogP contribution is -2.24. The van der Waals surface area contributed by atoms with Gasteiger partial charge in [-0.15, -0.1) is 0 Å². The second kappa shape index (κ2) is 6.57. The molecule has 2 aromatic rings. The summed E-state index contributed by atoms with van der Waals surface area (Å²) >= 11 is 3.26. The number of carbonyl (C=O) groups is 1. The Hall–Kier alpha value is -1.86. The molecule has 1 heterocycles. The third-order valence-corrected chi connectivity index (χ3v) is 6.35. The SMILES string of the molecule is Cc1ccc(NS(=O)(=O)c2ccccc2Br)cc1N1CCCC1=O. The maximum absolute atomic E-state index is 12.6. The molecule has 2 aromatic carbocycles. The number of hydrogen-bond donors (Lipinski definition) is 1. The monoisotopic (exact) mass is 408 g/mol. The van der Waals surface area contributed by atoms with Crippen molar-refractivity contribution in [2.24, 2.45) is 0 Å². The van der Waals surface area contributed by atoms with Gasteiger partial charge in [0, 0.05) is 23.1 Å². The second-order valence-corrected chi connectivity index (χ2v) is 8.19. The van der Waals surface area contributed by atoms with Gasteiger partial charge in [0.2, 0.25) is 5.91 Å². The lowest BCUT2D eigenvalue weighted by atomic mass is 10.1. The molecule has 0 aliphatic carbocycles. The highest BCUT2D eigenvalue weighted by Gasteiger charge is 2.24. The molecule has 0 saturated carbocycles. The summed E-state index contributed by atoms with van der Waals surface area (Å²) in [5.41, 5.74) is 2.13. The molecule has 7 heteroatoms. The maximum Gasteiger partial charge on any atom is 0.263 e. The fourth-order valence-corrected chi connectivity index (χ4v) is 4.79. The van der Waals surface area contributed by atoms with Gasteiger partial charge in [0.1, 0.15) is 4.90 Å². The fourth-order valence-electron chi connectivity index (χ4n) is 2.74. The zero-order chi connectivity index (χ0) is 17.3. The van der Waals surface area contributed by atoms with Crippen molar-refractivity contribution < 1.29 is 13.2 Å². The lowest BCUT2D eigenvalue weighted by molar-refractivity contribution is -0.117. The first-order chi connectivity index (χ1) is 11.4. The standard InChI is InChI=1S/C17H17BrN2O3S/c1-12-8-9-13(11-15(12)20-10-4-7-17(20)21)19-24(22,23)16-6-3-2-5-14(16)18/h2-3,5-6,8-9,11,19H,4,7,10H2,1H3. The van der Waals surface area contributed by atoms with Crippen LogP contribution in [0.5, 0.6) is 0 Å². The van der Waals surface area contributed by atoms with Crippen LogP contribution in [0.2, 0.25) is 0 Å². The summed E-state index contributed by atoms with van der Waals surface area (Å²) in [6.07, 6.45) is 1.36. The highest BCUT2D eigenvalue weighted by Crippen LogP contribution is 2.30. The van der Waals surface area contributed by atoms with Crippen molar-refractivity contribution in [3.63, 3.8) is 0 Å². The van der Waals surface area contributed by atoms with Crippen molar-refractivity contribution in [1.29, 1.82) is 0 Å². The Morgan fingerprint density at radius 2 is 1.92 bits per heavy atom. The van der Waals surface area contributed by atoms with E-state index in [1.54, 1.807) is 35.2 Å². The predicted octanol–water partition coefficient (Wildman–Crippen LogP) is 3.69. The first-order valence-corrected chi connectivity index (χ1v) is 9.84. The second-order valence-electron chi connectivity index (χ2n) is 5.69. The number of hydrogen-bond acceptors (Lipinski definition) is 3. The van der Waals surface area contributed by atoms with Crippen LogP contribution < -0.4 is 9.62 Å². The van der Waals surface area contributed by atoms with Crippen LogP contribution in [0.15, 0.2) is 51.8 Å². The predicted molar refractivity (Wildman–Crippen MR) is 97.7 cm³/mol. The smallest absolute Gasteiger partial charge is 0.263 e. The normalized spacial score (nSPS) is 14.9. The summed E-state index contributed by atoms with van der Waals surface area (Å²) in [4.78, 5) is 13.9. The van der Waals surface area contributed by atoms with Crippen LogP contribution in [-0.2, 0) is 14.8 Å². The summed E-state index contributed by atoms with van der Waals surface area (Å²) in [6.45, 7) is 2.58. The van der Waals surface area contributed by atoms with Gasteiger partial charge in [0.25, 0.3) is 10.0 Å². The van der Waals surface area contributed by atoms with Crippen LogP contribution in [-0.4, -0.2) is 20.9 Å². The van der Waals surface area contributed by atoms with Gasteiger partial charge in [0.05, 0.1) is 5.69 Å². The number of aryl methyl sites for hydroxylation is 1. The van der Waals surface area contributed by atoms with Crippen molar-refractivity contribution in [2.75, 3.05) is 16.2 Å². The fraction of sp³-hybridized carbons (Fsp3) is 0.235. The van der Waals surface area contributed by atoms with Crippen LogP contribution in [0.1, 0.15) is 18.4 Å². The molecule has 3 rings (SSSR count). The zero-order valence-electron chi connectivity index (χ0n) is 13.1. The number of nitrogens with one attached hydrogen (secondary N) is 1. The van der Waals surface area contributed by atoms with Crippen LogP contribution in [0, 0.1) is 6.92 Å². The van der Waals surface area contributed by atoms with Gasteiger partial charge in [0.15, 0.2) is 0 Å². The molecular formula is C17H17BrN2O3S. The van der Waals surface area contributed by atoms with E-state index in [1.165, 1.54) is 6.07 Å². The first-order valence-electron chi connectivity index (χ1n) is 7.57. The average molecular weight is 409 g/mol. The minimum Gasteiger partial charge on any atom is -0.312 e. The molecule has 5 nitrogen and oxygen atoms in total. The summed E-state index contributed by atoms with van der Waals surface area (Å²) in [5.74, 6) is 0.0731. The van der Waals surface area contributed by atoms with E-state index in [4.69, 9.17) is 0 Å². The van der Waals surface area contributed by atoms with Crippen LogP contribution >= 0.6 is 15.9 Å². The van der Waals surface area contributed by atoms with Gasteiger partial charge >= 0.3 is 0 Å². The van der Waals surface area contributed by atoms with E-state index >= 15 is 0 Å². The van der Waals surface area contributed by atoms with E-state index in [-0.39, 0.29) is 10.8 Å². The van der Waals surface area contributed by atoms with Crippen LogP contribution in [0.4, 0.5) is 11.4 Å². The number of nitrogens with zero attached hydrogens (tertiary/aromatic N) is 1. The van der Waals surface area contributed by atoms with Gasteiger partial charge in [-0.2, -0.15) is 0 Å². The molecule has 0 radical (unpaired) electrons. The number of amides is 1. The van der Waals surface area contributed by atoms with Crippen molar-refractivity contribution in [1.82, 2.24) is 0 Å². The van der Waals surface area contributed by atoms with Gasteiger partial charge in [-0.05, 0) is 59.1 Å². The molecule has 126 valence electrons. The number of carbonyl (C=O) groups excluding carboxylic acids is 1. The van der Waals surface area contributed by atoms with E-state index in [1.807, 2.05) is 13.0 Å². The van der Waals surface area contributed by atoms with Crippen molar-refractivity contribution in [3.05, 3.63) is 52.5 Å². The Bertz CT molecular complexity index is 896. The van der Waals surface area contributed by atoms with Gasteiger partial charge in [-0.1, -0.05) is 18.2 Å². The highest BCUT2D eigenvalue weighted by molar-refractivity contribution is 9.10. The molecule has 0 atom stereocenters. The number of anilines is 2. The highest BCUT2D eigenvalue weighted by atomic mass is 79.9. The molecule has 0 bridgehead atoms. The Morgan fingerprint density at radius 3 is 2.58 bits per heavy atom. The van der Waals surface area contributed by atoms with Gasteiger partial charge < -0.3 is 4.90 Å². The largest absolute Gasteiger partial charge is 0.312 e. The molecule has 0 unspecified atom stereocenters. The molecule has 1 fully saturated rings. The topological polar surface area (TPSA) is 66.5 Å². The molecule has 0 aromatic heterocycles. The van der Waals surface area contributed by atoms with Crippen molar-refractivity contribution in [2.45, 2.75) is 24.7 Å². The summed E-state index contributed by atoms with van der Waals surface area (Å²) < 4.78 is 28.3. The van der Waals surface area contributed by atoms with Crippen LogP contribution in [0.25, 0.3) is 0 Å². The zero-order valence-corrected chi connectivity index (χ0v) is 15.5. The summed E-state index contributed by atoms with van der Waals surface area (Å²) in [7, 11) is -3.71. The summed E-state index contributed by atoms with van der Waals surface area (Å²) in [5, 5.41) is 0. The van der Waals surface area contributed by atoms with Crippen molar-refractivity contribution >= 4 is 43.2 Å². The number of benzene rings is 2. The first kappa shape index (κ1) is 17.0. The minimum atomic E-state index is -3.71. The van der Waals surface area contributed by atoms with E-state index in [0.717, 1.165) is 17.7 Å². The van der Waals surface area contributed by atoms with Crippen LogP contribution in [0.3, 0.4) is 0 Å². The number of rotatable bonds is 4. The number of sulfonamides is 1.